The van der Waals surface area contributed by atoms with E-state index in [0.29, 0.717) is 5.56 Å². The van der Waals surface area contributed by atoms with E-state index in [9.17, 15) is 19.4 Å². The first kappa shape index (κ1) is 17.4. The van der Waals surface area contributed by atoms with Crippen LogP contribution < -0.4 is 5.30 Å². The molecule has 0 aliphatic heterocycles. The molecule has 25 heavy (non-hydrogen) atoms. The summed E-state index contributed by atoms with van der Waals surface area (Å²) in [6, 6.07) is 19.9. The van der Waals surface area contributed by atoms with Crippen LogP contribution in [0.3, 0.4) is 0 Å². The van der Waals surface area contributed by atoms with Gasteiger partial charge in [-0.2, -0.15) is 0 Å². The lowest BCUT2D eigenvalue weighted by molar-refractivity contribution is -0.138. The van der Waals surface area contributed by atoms with Crippen molar-refractivity contribution in [3.8, 4) is 0 Å². The van der Waals surface area contributed by atoms with E-state index in [1.54, 1.807) is 31.2 Å². The maximum atomic E-state index is 13.1. The second-order valence-electron chi connectivity index (χ2n) is 6.16. The minimum Gasteiger partial charge on any atom is -0.481 e. The number of rotatable bonds is 5. The van der Waals surface area contributed by atoms with Crippen molar-refractivity contribution >= 4 is 29.4 Å². The Bertz CT molecular complexity index is 966. The highest BCUT2D eigenvalue weighted by molar-refractivity contribution is 7.65. The van der Waals surface area contributed by atoms with Gasteiger partial charge in [0, 0.05) is 5.30 Å². The van der Waals surface area contributed by atoms with Gasteiger partial charge in [0.1, 0.15) is 0 Å². The Morgan fingerprint density at radius 2 is 1.56 bits per heavy atom. The molecule has 4 nitrogen and oxygen atoms in total. The molecule has 3 aromatic carbocycles. The average molecular weight is 354 g/mol. The van der Waals surface area contributed by atoms with Crippen molar-refractivity contribution in [2.45, 2.75) is 19.0 Å². The van der Waals surface area contributed by atoms with Crippen LogP contribution >= 0.6 is 7.37 Å². The molecule has 0 spiro atoms. The molecule has 0 heterocycles. The molecular weight excluding hydrogens is 335 g/mol. The molecule has 3 aromatic rings. The second kappa shape index (κ2) is 6.83. The third kappa shape index (κ3) is 3.65. The highest BCUT2D eigenvalue weighted by Crippen LogP contribution is 2.46. The number of fused-ring (bicyclic) bond motifs is 1. The molecule has 0 aliphatic rings. The molecule has 0 aliphatic carbocycles. The van der Waals surface area contributed by atoms with Crippen LogP contribution in [-0.4, -0.2) is 16.0 Å². The van der Waals surface area contributed by atoms with Crippen LogP contribution in [-0.2, 0) is 15.5 Å². The lowest BCUT2D eigenvalue weighted by atomic mass is 9.98. The van der Waals surface area contributed by atoms with Gasteiger partial charge in [-0.25, -0.2) is 0 Å². The van der Waals surface area contributed by atoms with Crippen LogP contribution in [0.5, 0.6) is 0 Å². The zero-order valence-corrected chi connectivity index (χ0v) is 14.7. The molecule has 0 fully saturated rings. The number of carboxylic acids is 1. The van der Waals surface area contributed by atoms with E-state index in [2.05, 4.69) is 0 Å². The Labute approximate surface area is 146 Å². The third-order valence-corrected chi connectivity index (χ3v) is 6.28. The van der Waals surface area contributed by atoms with Gasteiger partial charge in [-0.05, 0) is 41.0 Å². The van der Waals surface area contributed by atoms with Crippen LogP contribution in [0.1, 0.15) is 24.0 Å². The van der Waals surface area contributed by atoms with E-state index in [4.69, 9.17) is 0 Å². The van der Waals surface area contributed by atoms with E-state index < -0.39 is 19.3 Å². The van der Waals surface area contributed by atoms with E-state index in [1.807, 2.05) is 42.5 Å². The number of aliphatic carboxylic acids is 1. The summed E-state index contributed by atoms with van der Waals surface area (Å²) < 4.78 is 13.1. The summed E-state index contributed by atoms with van der Waals surface area (Å²) in [4.78, 5) is 22.3. The summed E-state index contributed by atoms with van der Waals surface area (Å²) in [5.74, 6) is -1.88. The predicted octanol–water partition coefficient (Wildman–Crippen LogP) is 4.12. The highest BCUT2D eigenvalue weighted by Gasteiger charge is 2.29. The largest absolute Gasteiger partial charge is 0.481 e. The molecular formula is C20H19O4P. The molecule has 5 heteroatoms. The number of benzene rings is 3. The van der Waals surface area contributed by atoms with Crippen molar-refractivity contribution in [1.82, 2.24) is 0 Å². The Morgan fingerprint density at radius 3 is 2.16 bits per heavy atom. The monoisotopic (exact) mass is 354 g/mol. The van der Waals surface area contributed by atoms with Crippen LogP contribution in [0.25, 0.3) is 10.8 Å². The standard InChI is InChI=1S/C20H19O4P/c1-14(20(21)22)18-11-16-9-5-6-10-17(16)12-19(18)25(23,24)13-15-7-3-2-4-8-15/h2-12,14H,13H2,1H3,(H,21,22)(H,23,24). The molecule has 3 rings (SSSR count). The van der Waals surface area contributed by atoms with Gasteiger partial charge in [0.05, 0.1) is 12.1 Å². The van der Waals surface area contributed by atoms with Crippen molar-refractivity contribution in [3.63, 3.8) is 0 Å². The zero-order chi connectivity index (χ0) is 18.0. The first-order chi connectivity index (χ1) is 11.9. The van der Waals surface area contributed by atoms with E-state index in [0.717, 1.165) is 16.3 Å². The van der Waals surface area contributed by atoms with E-state index in [1.165, 1.54) is 0 Å². The lowest BCUT2D eigenvalue weighted by Crippen LogP contribution is -2.19. The molecule has 0 aromatic heterocycles. The van der Waals surface area contributed by atoms with Gasteiger partial charge in [0.15, 0.2) is 0 Å². The predicted molar refractivity (Wildman–Crippen MR) is 99.6 cm³/mol. The van der Waals surface area contributed by atoms with Crippen LogP contribution in [0, 0.1) is 0 Å². The normalized spacial score (nSPS) is 14.8. The quantitative estimate of drug-likeness (QED) is 0.676. The molecule has 2 unspecified atom stereocenters. The summed E-state index contributed by atoms with van der Waals surface area (Å²) in [5, 5.41) is 11.3. The van der Waals surface area contributed by atoms with Crippen molar-refractivity contribution in [3.05, 3.63) is 77.9 Å². The van der Waals surface area contributed by atoms with Crippen LogP contribution in [0.2, 0.25) is 0 Å². The number of hydrogen-bond donors (Lipinski definition) is 2. The molecule has 2 N–H and O–H groups in total. The third-order valence-electron chi connectivity index (χ3n) is 4.35. The fraction of sp³-hybridized carbons (Fsp3) is 0.150. The fourth-order valence-electron chi connectivity index (χ4n) is 2.94. The SMILES string of the molecule is CC(C(=O)O)c1cc2ccccc2cc1P(=O)(O)Cc1ccccc1. The summed E-state index contributed by atoms with van der Waals surface area (Å²) in [7, 11) is -3.77. The molecule has 2 atom stereocenters. The van der Waals surface area contributed by atoms with Gasteiger partial charge in [0.25, 0.3) is 0 Å². The number of carboxylic acid groups (broad SMARTS) is 1. The van der Waals surface area contributed by atoms with Crippen LogP contribution in [0.4, 0.5) is 0 Å². The summed E-state index contributed by atoms with van der Waals surface area (Å²) in [6.07, 6.45) is -0.0223. The maximum absolute atomic E-state index is 13.1. The average Bonchev–Trinajstić information content (AvgIpc) is 2.60. The number of carbonyl (C=O) groups is 1. The van der Waals surface area contributed by atoms with Crippen molar-refractivity contribution in [1.29, 1.82) is 0 Å². The van der Waals surface area contributed by atoms with Gasteiger partial charge < -0.3 is 10.00 Å². The smallest absolute Gasteiger partial charge is 0.310 e. The highest BCUT2D eigenvalue weighted by atomic mass is 31.2. The van der Waals surface area contributed by atoms with Crippen LogP contribution in [0.15, 0.2) is 66.7 Å². The Morgan fingerprint density at radius 1 is 1.00 bits per heavy atom. The molecule has 0 saturated carbocycles. The Balaban J connectivity index is 2.16. The molecule has 0 saturated heterocycles. The van der Waals surface area contributed by atoms with Gasteiger partial charge in [-0.15, -0.1) is 0 Å². The second-order valence-corrected chi connectivity index (χ2v) is 8.36. The minimum atomic E-state index is -3.77. The fourth-order valence-corrected chi connectivity index (χ4v) is 4.82. The van der Waals surface area contributed by atoms with Gasteiger partial charge >= 0.3 is 5.97 Å². The maximum Gasteiger partial charge on any atom is 0.310 e. The topological polar surface area (TPSA) is 74.6 Å². The van der Waals surface area contributed by atoms with Crippen molar-refractivity contribution in [2.75, 3.05) is 0 Å². The summed E-state index contributed by atoms with van der Waals surface area (Å²) in [5.41, 5.74) is 1.14. The van der Waals surface area contributed by atoms with E-state index in [-0.39, 0.29) is 11.5 Å². The van der Waals surface area contributed by atoms with Gasteiger partial charge in [0.2, 0.25) is 7.37 Å². The van der Waals surface area contributed by atoms with Gasteiger partial charge in [-0.3, -0.25) is 9.36 Å². The summed E-state index contributed by atoms with van der Waals surface area (Å²) in [6.45, 7) is 1.54. The van der Waals surface area contributed by atoms with Crippen molar-refractivity contribution < 1.29 is 19.4 Å². The molecule has 0 amide bonds. The first-order valence-corrected chi connectivity index (χ1v) is 9.85. The first-order valence-electron chi connectivity index (χ1n) is 8.00. The molecule has 128 valence electrons. The minimum absolute atomic E-state index is 0.0223. The van der Waals surface area contributed by atoms with E-state index >= 15 is 0 Å². The molecule has 0 bridgehead atoms. The Kier molecular flexibility index (Phi) is 4.76. The lowest BCUT2D eigenvalue weighted by Gasteiger charge is -2.19. The summed E-state index contributed by atoms with van der Waals surface area (Å²) >= 11 is 0. The molecule has 0 radical (unpaired) electrons. The number of hydrogen-bond acceptors (Lipinski definition) is 2. The van der Waals surface area contributed by atoms with Gasteiger partial charge in [-0.1, -0.05) is 54.6 Å². The zero-order valence-electron chi connectivity index (χ0n) is 13.8. The Hall–Kier alpha value is -2.42. The van der Waals surface area contributed by atoms with Crippen molar-refractivity contribution in [2.24, 2.45) is 0 Å².